The van der Waals surface area contributed by atoms with Crippen LogP contribution in [0.2, 0.25) is 0 Å². The molecular formula is C18H22N2O2S3. The van der Waals surface area contributed by atoms with Gasteiger partial charge in [0.1, 0.15) is 0 Å². The Hall–Kier alpha value is -1.44. The van der Waals surface area contributed by atoms with Crippen molar-refractivity contribution in [2.45, 2.75) is 32.9 Å². The van der Waals surface area contributed by atoms with Crippen LogP contribution in [0.25, 0.3) is 0 Å². The summed E-state index contributed by atoms with van der Waals surface area (Å²) in [6.07, 6.45) is 0.627. The zero-order chi connectivity index (χ0) is 18.0. The fourth-order valence-corrected chi connectivity index (χ4v) is 5.79. The molecule has 1 aliphatic rings. The molecule has 3 rings (SSSR count). The van der Waals surface area contributed by atoms with Crippen LogP contribution in [-0.4, -0.2) is 36.0 Å². The molecule has 0 aliphatic carbocycles. The predicted octanol–water partition coefficient (Wildman–Crippen LogP) is 3.75. The summed E-state index contributed by atoms with van der Waals surface area (Å²) in [5.74, 6) is 0.414. The largest absolute Gasteiger partial charge is 0.340 e. The molecule has 1 N–H and O–H groups in total. The van der Waals surface area contributed by atoms with Gasteiger partial charge in [-0.1, -0.05) is 18.2 Å². The van der Waals surface area contributed by atoms with E-state index in [2.05, 4.69) is 31.3 Å². The van der Waals surface area contributed by atoms with Crippen LogP contribution in [0.1, 0.15) is 22.4 Å². The molecule has 0 radical (unpaired) electrons. The highest BCUT2D eigenvalue weighted by molar-refractivity contribution is 7.91. The molecule has 0 amide bonds. The van der Waals surface area contributed by atoms with Gasteiger partial charge >= 0.3 is 0 Å². The van der Waals surface area contributed by atoms with Crippen molar-refractivity contribution < 1.29 is 8.42 Å². The molecular weight excluding hydrogens is 372 g/mol. The van der Waals surface area contributed by atoms with Gasteiger partial charge in [0.15, 0.2) is 14.9 Å². The molecule has 0 saturated carbocycles. The van der Waals surface area contributed by atoms with E-state index in [0.717, 1.165) is 11.3 Å². The number of aryl methyl sites for hydroxylation is 1. The molecule has 25 heavy (non-hydrogen) atoms. The van der Waals surface area contributed by atoms with Crippen LogP contribution in [0.5, 0.6) is 0 Å². The predicted molar refractivity (Wildman–Crippen MR) is 109 cm³/mol. The van der Waals surface area contributed by atoms with E-state index in [1.807, 2.05) is 28.5 Å². The molecule has 134 valence electrons. The van der Waals surface area contributed by atoms with Crippen LogP contribution in [0, 0.1) is 13.8 Å². The highest BCUT2D eigenvalue weighted by Crippen LogP contribution is 2.24. The Morgan fingerprint density at radius 2 is 2.12 bits per heavy atom. The van der Waals surface area contributed by atoms with E-state index in [-0.39, 0.29) is 17.5 Å². The Balaban J connectivity index is 1.83. The molecule has 1 aromatic heterocycles. The van der Waals surface area contributed by atoms with E-state index in [1.54, 1.807) is 11.3 Å². The molecule has 0 bridgehead atoms. The Bertz CT molecular complexity index is 860. The van der Waals surface area contributed by atoms with Crippen LogP contribution in [0.15, 0.2) is 35.7 Å². The number of thiophene rings is 1. The Labute approximate surface area is 158 Å². The second kappa shape index (κ2) is 7.43. The maximum atomic E-state index is 11.9. The highest BCUT2D eigenvalue weighted by Gasteiger charge is 2.33. The van der Waals surface area contributed by atoms with Crippen LogP contribution in [-0.2, 0) is 16.4 Å². The molecule has 7 heteroatoms. The Morgan fingerprint density at radius 1 is 1.32 bits per heavy atom. The third-order valence-corrected chi connectivity index (χ3v) is 7.61. The van der Waals surface area contributed by atoms with E-state index in [1.165, 1.54) is 10.4 Å². The van der Waals surface area contributed by atoms with Crippen molar-refractivity contribution in [1.29, 1.82) is 0 Å². The SMILES string of the molecule is Cc1cccc(NC(=S)N(Cc2cccs2)[C@H]2CCS(=O)(=O)C2)c1C. The molecule has 2 aromatic rings. The van der Waals surface area contributed by atoms with Gasteiger partial charge in [-0.15, -0.1) is 11.3 Å². The third kappa shape index (κ3) is 4.40. The number of nitrogens with one attached hydrogen (secondary N) is 1. The van der Waals surface area contributed by atoms with E-state index >= 15 is 0 Å². The molecule has 4 nitrogen and oxygen atoms in total. The maximum Gasteiger partial charge on any atom is 0.174 e. The summed E-state index contributed by atoms with van der Waals surface area (Å²) in [5.41, 5.74) is 3.32. The molecule has 1 atom stereocenters. The fraction of sp³-hybridized carbons (Fsp3) is 0.389. The lowest BCUT2D eigenvalue weighted by Gasteiger charge is -2.31. The first-order chi connectivity index (χ1) is 11.9. The summed E-state index contributed by atoms with van der Waals surface area (Å²) in [7, 11) is -2.97. The summed E-state index contributed by atoms with van der Waals surface area (Å²) in [6.45, 7) is 4.76. The second-order valence-corrected chi connectivity index (χ2v) is 10.1. The van der Waals surface area contributed by atoms with Gasteiger partial charge in [-0.3, -0.25) is 0 Å². The Morgan fingerprint density at radius 3 is 2.76 bits per heavy atom. The van der Waals surface area contributed by atoms with Crippen molar-refractivity contribution in [2.75, 3.05) is 16.8 Å². The number of sulfone groups is 1. The summed E-state index contributed by atoms with van der Waals surface area (Å²) < 4.78 is 23.9. The van der Waals surface area contributed by atoms with Crippen molar-refractivity contribution in [3.8, 4) is 0 Å². The number of hydrogen-bond donors (Lipinski definition) is 1. The van der Waals surface area contributed by atoms with E-state index in [0.29, 0.717) is 18.1 Å². The van der Waals surface area contributed by atoms with Gasteiger partial charge in [0, 0.05) is 16.6 Å². The number of anilines is 1. The zero-order valence-corrected chi connectivity index (χ0v) is 16.8. The summed E-state index contributed by atoms with van der Waals surface area (Å²) in [5, 5.41) is 5.95. The normalized spacial score (nSPS) is 18.9. The zero-order valence-electron chi connectivity index (χ0n) is 14.4. The summed E-state index contributed by atoms with van der Waals surface area (Å²) in [4.78, 5) is 3.21. The average molecular weight is 395 g/mol. The number of rotatable bonds is 4. The number of benzene rings is 1. The fourth-order valence-electron chi connectivity index (χ4n) is 3.03. The monoisotopic (exact) mass is 394 g/mol. The summed E-state index contributed by atoms with van der Waals surface area (Å²) in [6, 6.07) is 10.1. The van der Waals surface area contributed by atoms with Gasteiger partial charge in [0.05, 0.1) is 18.1 Å². The first-order valence-electron chi connectivity index (χ1n) is 8.22. The lowest BCUT2D eigenvalue weighted by Crippen LogP contribution is -2.42. The summed E-state index contributed by atoms with van der Waals surface area (Å²) >= 11 is 7.33. The van der Waals surface area contributed by atoms with Crippen LogP contribution >= 0.6 is 23.6 Å². The minimum atomic E-state index is -2.97. The smallest absolute Gasteiger partial charge is 0.174 e. The minimum absolute atomic E-state index is 0.0720. The van der Waals surface area contributed by atoms with Gasteiger partial charge in [-0.25, -0.2) is 8.42 Å². The second-order valence-electron chi connectivity index (χ2n) is 6.44. The van der Waals surface area contributed by atoms with Crippen molar-refractivity contribution in [2.24, 2.45) is 0 Å². The van der Waals surface area contributed by atoms with Gasteiger partial charge < -0.3 is 10.2 Å². The first-order valence-corrected chi connectivity index (χ1v) is 11.3. The first kappa shape index (κ1) is 18.4. The minimum Gasteiger partial charge on any atom is -0.340 e. The topological polar surface area (TPSA) is 49.4 Å². The molecule has 1 saturated heterocycles. The number of nitrogens with zero attached hydrogens (tertiary/aromatic N) is 1. The van der Waals surface area contributed by atoms with Crippen molar-refractivity contribution in [3.63, 3.8) is 0 Å². The Kier molecular flexibility index (Phi) is 5.46. The van der Waals surface area contributed by atoms with Gasteiger partial charge in [-0.05, 0) is 61.1 Å². The molecule has 1 fully saturated rings. The molecule has 1 aliphatic heterocycles. The maximum absolute atomic E-state index is 11.9. The van der Waals surface area contributed by atoms with Crippen molar-refractivity contribution >= 4 is 44.2 Å². The van der Waals surface area contributed by atoms with Crippen molar-refractivity contribution in [1.82, 2.24) is 4.90 Å². The lowest BCUT2D eigenvalue weighted by molar-refractivity contribution is 0.335. The van der Waals surface area contributed by atoms with E-state index in [4.69, 9.17) is 12.2 Å². The lowest BCUT2D eigenvalue weighted by atomic mass is 10.1. The van der Waals surface area contributed by atoms with Gasteiger partial charge in [-0.2, -0.15) is 0 Å². The molecule has 0 unspecified atom stereocenters. The van der Waals surface area contributed by atoms with Gasteiger partial charge in [0.25, 0.3) is 0 Å². The average Bonchev–Trinajstić information content (AvgIpc) is 3.18. The van der Waals surface area contributed by atoms with Crippen LogP contribution in [0.3, 0.4) is 0 Å². The van der Waals surface area contributed by atoms with E-state index < -0.39 is 9.84 Å². The molecule has 2 heterocycles. The van der Waals surface area contributed by atoms with Crippen LogP contribution in [0.4, 0.5) is 5.69 Å². The number of thiocarbonyl (C=S) groups is 1. The van der Waals surface area contributed by atoms with Crippen molar-refractivity contribution in [3.05, 3.63) is 51.7 Å². The third-order valence-electron chi connectivity index (χ3n) is 4.66. The number of hydrogen-bond acceptors (Lipinski definition) is 4. The highest BCUT2D eigenvalue weighted by atomic mass is 32.2. The van der Waals surface area contributed by atoms with Gasteiger partial charge in [0.2, 0.25) is 0 Å². The van der Waals surface area contributed by atoms with E-state index in [9.17, 15) is 8.42 Å². The molecule has 0 spiro atoms. The molecule has 1 aromatic carbocycles. The van der Waals surface area contributed by atoms with Crippen LogP contribution < -0.4 is 5.32 Å². The standard InChI is InChI=1S/C18H22N2O2S3/c1-13-5-3-7-17(14(13)2)19-18(23)20(11-16-6-4-9-24-16)15-8-10-25(21,22)12-15/h3-7,9,15H,8,10-12H2,1-2H3,(H,19,23)/t15-/m0/s1. The quantitative estimate of drug-likeness (QED) is 0.801.